The standard InChI is InChI=1S/C10H9BO3/c12-9-4-3-8-7(9)2-1-6-5-14-11(13)10(6)8/h1-2,13H,3-5H2. The van der Waals surface area contributed by atoms with Crippen molar-refractivity contribution in [3.63, 3.8) is 0 Å². The summed E-state index contributed by atoms with van der Waals surface area (Å²) in [6.07, 6.45) is 1.32. The van der Waals surface area contributed by atoms with E-state index in [0.717, 1.165) is 28.6 Å². The maximum absolute atomic E-state index is 11.4. The molecule has 1 heterocycles. The van der Waals surface area contributed by atoms with Crippen LogP contribution in [0.4, 0.5) is 0 Å². The molecule has 1 aromatic rings. The van der Waals surface area contributed by atoms with E-state index in [2.05, 4.69) is 0 Å². The normalized spacial score (nSPS) is 18.6. The van der Waals surface area contributed by atoms with E-state index in [-0.39, 0.29) is 5.78 Å². The van der Waals surface area contributed by atoms with Gasteiger partial charge in [-0.25, -0.2) is 0 Å². The van der Waals surface area contributed by atoms with E-state index in [0.29, 0.717) is 13.0 Å². The summed E-state index contributed by atoms with van der Waals surface area (Å²) >= 11 is 0. The van der Waals surface area contributed by atoms with Crippen LogP contribution in [0.1, 0.15) is 27.9 Å². The van der Waals surface area contributed by atoms with Gasteiger partial charge < -0.3 is 9.68 Å². The first-order chi connectivity index (χ1) is 6.77. The Morgan fingerprint density at radius 2 is 2.21 bits per heavy atom. The number of carbonyl (C=O) groups is 1. The van der Waals surface area contributed by atoms with Crippen LogP contribution in [0.3, 0.4) is 0 Å². The Morgan fingerprint density at radius 3 is 3.07 bits per heavy atom. The summed E-state index contributed by atoms with van der Waals surface area (Å²) in [6.45, 7) is 0.456. The number of ketones is 1. The third kappa shape index (κ3) is 0.924. The van der Waals surface area contributed by atoms with Crippen molar-refractivity contribution >= 4 is 18.4 Å². The lowest BCUT2D eigenvalue weighted by molar-refractivity contribution is 0.0994. The molecule has 1 aliphatic carbocycles. The van der Waals surface area contributed by atoms with Gasteiger partial charge in [-0.3, -0.25) is 4.79 Å². The van der Waals surface area contributed by atoms with Crippen LogP contribution in [0.2, 0.25) is 0 Å². The van der Waals surface area contributed by atoms with Crippen LogP contribution in [0.25, 0.3) is 0 Å². The van der Waals surface area contributed by atoms with E-state index in [9.17, 15) is 9.82 Å². The van der Waals surface area contributed by atoms with Gasteiger partial charge in [-0.15, -0.1) is 0 Å². The Labute approximate surface area is 81.8 Å². The highest BCUT2D eigenvalue weighted by atomic mass is 16.5. The lowest BCUT2D eigenvalue weighted by Gasteiger charge is -2.05. The second-order valence-corrected chi connectivity index (χ2v) is 3.75. The molecule has 0 spiro atoms. The molecule has 1 N–H and O–H groups in total. The maximum atomic E-state index is 11.4. The largest absolute Gasteiger partial charge is 0.492 e. The summed E-state index contributed by atoms with van der Waals surface area (Å²) in [5.74, 6) is 0.182. The van der Waals surface area contributed by atoms with Crippen LogP contribution in [-0.2, 0) is 17.7 Å². The van der Waals surface area contributed by atoms with E-state index in [1.807, 2.05) is 12.1 Å². The average Bonchev–Trinajstić information content (AvgIpc) is 2.72. The van der Waals surface area contributed by atoms with Gasteiger partial charge in [0, 0.05) is 12.0 Å². The SMILES string of the molecule is O=C1CCc2c1ccc1c2B(O)OC1. The molecule has 1 aliphatic heterocycles. The molecule has 0 bridgehead atoms. The van der Waals surface area contributed by atoms with Crippen LogP contribution in [0.5, 0.6) is 0 Å². The van der Waals surface area contributed by atoms with Gasteiger partial charge >= 0.3 is 7.12 Å². The topological polar surface area (TPSA) is 46.5 Å². The zero-order valence-electron chi connectivity index (χ0n) is 7.62. The third-order valence-electron chi connectivity index (χ3n) is 2.99. The van der Waals surface area contributed by atoms with Crippen molar-refractivity contribution in [1.82, 2.24) is 0 Å². The number of benzene rings is 1. The molecule has 0 saturated heterocycles. The minimum Gasteiger partial charge on any atom is -0.423 e. The minimum atomic E-state index is -0.828. The smallest absolute Gasteiger partial charge is 0.423 e. The Balaban J connectivity index is 2.26. The van der Waals surface area contributed by atoms with Crippen LogP contribution < -0.4 is 5.46 Å². The van der Waals surface area contributed by atoms with Gasteiger partial charge in [-0.1, -0.05) is 12.1 Å². The zero-order valence-corrected chi connectivity index (χ0v) is 7.62. The van der Waals surface area contributed by atoms with E-state index in [1.165, 1.54) is 0 Å². The highest BCUT2D eigenvalue weighted by Crippen LogP contribution is 2.24. The van der Waals surface area contributed by atoms with E-state index >= 15 is 0 Å². The first kappa shape index (κ1) is 8.21. The van der Waals surface area contributed by atoms with Crippen molar-refractivity contribution in [2.24, 2.45) is 0 Å². The molecule has 14 heavy (non-hydrogen) atoms. The highest BCUT2D eigenvalue weighted by Gasteiger charge is 2.34. The summed E-state index contributed by atoms with van der Waals surface area (Å²) in [6, 6.07) is 3.73. The molecule has 0 atom stereocenters. The van der Waals surface area contributed by atoms with E-state index < -0.39 is 7.12 Å². The molecule has 4 heteroatoms. The predicted molar refractivity (Wildman–Crippen MR) is 51.5 cm³/mol. The lowest BCUT2D eigenvalue weighted by atomic mass is 9.75. The number of hydrogen-bond acceptors (Lipinski definition) is 3. The molecule has 0 fully saturated rings. The summed E-state index contributed by atoms with van der Waals surface area (Å²) in [4.78, 5) is 11.4. The predicted octanol–water partition coefficient (Wildman–Crippen LogP) is 0.0332. The fourth-order valence-corrected chi connectivity index (χ4v) is 2.30. The number of carbonyl (C=O) groups excluding carboxylic acids is 1. The number of Topliss-reactive ketones (excluding diaryl/α,β-unsaturated/α-hetero) is 1. The Bertz CT molecular complexity index is 428. The molecule has 1 aromatic carbocycles. The summed E-state index contributed by atoms with van der Waals surface area (Å²) in [7, 11) is -0.828. The highest BCUT2D eigenvalue weighted by molar-refractivity contribution is 6.62. The van der Waals surface area contributed by atoms with Gasteiger partial charge in [0.05, 0.1) is 6.61 Å². The van der Waals surface area contributed by atoms with Gasteiger partial charge in [0.15, 0.2) is 5.78 Å². The first-order valence-electron chi connectivity index (χ1n) is 4.75. The Hall–Kier alpha value is -1.13. The van der Waals surface area contributed by atoms with Crippen molar-refractivity contribution in [3.8, 4) is 0 Å². The summed E-state index contributed by atoms with van der Waals surface area (Å²) in [5, 5.41) is 9.60. The Morgan fingerprint density at radius 1 is 1.36 bits per heavy atom. The van der Waals surface area contributed by atoms with Crippen molar-refractivity contribution in [2.75, 3.05) is 0 Å². The van der Waals surface area contributed by atoms with Gasteiger partial charge in [-0.05, 0) is 23.0 Å². The van der Waals surface area contributed by atoms with Crippen LogP contribution in [0, 0.1) is 0 Å². The first-order valence-corrected chi connectivity index (χ1v) is 4.75. The Kier molecular flexibility index (Phi) is 1.57. The number of rotatable bonds is 0. The summed E-state index contributed by atoms with van der Waals surface area (Å²) in [5.41, 5.74) is 3.63. The van der Waals surface area contributed by atoms with Gasteiger partial charge in [-0.2, -0.15) is 0 Å². The third-order valence-corrected chi connectivity index (χ3v) is 2.99. The second-order valence-electron chi connectivity index (χ2n) is 3.75. The molecule has 0 amide bonds. The lowest BCUT2D eigenvalue weighted by Crippen LogP contribution is -2.31. The molecular formula is C10H9BO3. The molecule has 0 radical (unpaired) electrons. The number of fused-ring (bicyclic) bond motifs is 3. The van der Waals surface area contributed by atoms with E-state index in [4.69, 9.17) is 4.65 Å². The quantitative estimate of drug-likeness (QED) is 0.584. The molecule has 0 unspecified atom stereocenters. The molecule has 0 aromatic heterocycles. The van der Waals surface area contributed by atoms with Crippen molar-refractivity contribution < 1.29 is 14.5 Å². The van der Waals surface area contributed by atoms with Gasteiger partial charge in [0.25, 0.3) is 0 Å². The molecular weight excluding hydrogens is 179 g/mol. The fourth-order valence-electron chi connectivity index (χ4n) is 2.30. The second kappa shape index (κ2) is 2.68. The van der Waals surface area contributed by atoms with Gasteiger partial charge in [0.1, 0.15) is 0 Å². The van der Waals surface area contributed by atoms with Crippen molar-refractivity contribution in [2.45, 2.75) is 19.4 Å². The van der Waals surface area contributed by atoms with E-state index in [1.54, 1.807) is 0 Å². The maximum Gasteiger partial charge on any atom is 0.492 e. The van der Waals surface area contributed by atoms with Crippen LogP contribution >= 0.6 is 0 Å². The number of hydrogen-bond donors (Lipinski definition) is 1. The molecule has 3 nitrogen and oxygen atoms in total. The minimum absolute atomic E-state index is 0.182. The molecule has 0 saturated carbocycles. The van der Waals surface area contributed by atoms with Crippen LogP contribution in [-0.4, -0.2) is 17.9 Å². The van der Waals surface area contributed by atoms with Crippen molar-refractivity contribution in [3.05, 3.63) is 28.8 Å². The van der Waals surface area contributed by atoms with Gasteiger partial charge in [0.2, 0.25) is 0 Å². The van der Waals surface area contributed by atoms with Crippen molar-refractivity contribution in [1.29, 1.82) is 0 Å². The zero-order chi connectivity index (χ0) is 9.71. The van der Waals surface area contributed by atoms with Crippen LogP contribution in [0.15, 0.2) is 12.1 Å². The average molecular weight is 188 g/mol. The monoisotopic (exact) mass is 188 g/mol. The molecule has 2 aliphatic rings. The molecule has 3 rings (SSSR count). The molecule has 70 valence electrons. The summed E-state index contributed by atoms with van der Waals surface area (Å²) < 4.78 is 5.13. The fraction of sp³-hybridized carbons (Fsp3) is 0.300.